The van der Waals surface area contributed by atoms with Gasteiger partial charge in [-0.15, -0.1) is 10.2 Å². The van der Waals surface area contributed by atoms with Crippen molar-refractivity contribution in [3.8, 4) is 17.1 Å². The number of rotatable bonds is 9. The molecule has 1 saturated carbocycles. The number of benzene rings is 1. The lowest BCUT2D eigenvalue weighted by Crippen LogP contribution is -2.50. The van der Waals surface area contributed by atoms with Gasteiger partial charge in [0.1, 0.15) is 53.4 Å². The van der Waals surface area contributed by atoms with Crippen LogP contribution in [0.1, 0.15) is 29.8 Å². The lowest BCUT2D eigenvalue weighted by atomic mass is 9.49. The molecule has 2 N–H and O–H groups in total. The smallest absolute Gasteiger partial charge is 0.326 e. The van der Waals surface area contributed by atoms with Crippen molar-refractivity contribution in [2.75, 3.05) is 30.4 Å². The first kappa shape index (κ1) is 28.7. The molecule has 1 saturated heterocycles. The number of anilines is 3. The van der Waals surface area contributed by atoms with Gasteiger partial charge in [-0.2, -0.15) is 5.10 Å². The predicted octanol–water partition coefficient (Wildman–Crippen LogP) is -4.01. The van der Waals surface area contributed by atoms with Gasteiger partial charge in [0.25, 0.3) is 5.91 Å². The fraction of sp³-hybridized carbons (Fsp3) is 0.391. The van der Waals surface area contributed by atoms with E-state index in [2.05, 4.69) is 54.5 Å². The van der Waals surface area contributed by atoms with E-state index in [0.29, 0.717) is 47.4 Å². The Morgan fingerprint density at radius 2 is 1.83 bits per heavy atom. The first-order valence-corrected chi connectivity index (χ1v) is 14.0. The van der Waals surface area contributed by atoms with Crippen LogP contribution >= 0.6 is 0 Å². The van der Waals surface area contributed by atoms with Crippen molar-refractivity contribution in [2.24, 2.45) is 0 Å². The Morgan fingerprint density at radius 1 is 1.07 bits per heavy atom. The topological polar surface area (TPSA) is 130 Å². The monoisotopic (exact) mass is 549 g/mol. The van der Waals surface area contributed by atoms with Gasteiger partial charge in [0.05, 0.1) is 24.0 Å². The van der Waals surface area contributed by atoms with Gasteiger partial charge < -0.3 is 20.3 Å². The molecule has 41 heavy (non-hydrogen) atoms. The summed E-state index contributed by atoms with van der Waals surface area (Å²) in [5.41, 5.74) is 1.78. The molecule has 0 atom stereocenters. The zero-order chi connectivity index (χ0) is 29.5. The lowest BCUT2D eigenvalue weighted by Gasteiger charge is -2.34. The van der Waals surface area contributed by atoms with Crippen LogP contribution < -0.4 is 20.3 Å². The first-order chi connectivity index (χ1) is 19.4. The number of nitrogens with zero attached hydrogens (tertiary/aromatic N) is 7. The Balaban J connectivity index is 1.52. The normalized spacial score (nSPS) is 16.0. The van der Waals surface area contributed by atoms with E-state index in [-0.39, 0.29) is 28.9 Å². The molecule has 1 aliphatic heterocycles. The Bertz CT molecular complexity index is 1470. The SMILES string of the molecule is BC(B)(B)NC(=O)c1nnc(N2CCN(C3CCC3)C2=O)cc1Nc1cccc(-c2ncn(C(B)(B)B)n2)c1OC. The van der Waals surface area contributed by atoms with Crippen LogP contribution in [-0.2, 0) is 5.24 Å². The van der Waals surface area contributed by atoms with E-state index < -0.39 is 5.24 Å². The molecule has 0 radical (unpaired) electrons. The first-order valence-electron chi connectivity index (χ1n) is 14.0. The van der Waals surface area contributed by atoms with E-state index in [1.165, 1.54) is 0 Å². The van der Waals surface area contributed by atoms with Gasteiger partial charge >= 0.3 is 6.03 Å². The third kappa shape index (κ3) is 5.96. The van der Waals surface area contributed by atoms with E-state index in [9.17, 15) is 9.59 Å². The molecule has 5 rings (SSSR count). The molecule has 12 nitrogen and oxygen atoms in total. The maximum atomic E-state index is 13.3. The lowest BCUT2D eigenvalue weighted by molar-refractivity contribution is 0.0947. The standard InChI is InChI=1S/C23H33B6N9O3/c1-41-18-13(19-30-11-38(35-19)23(27,28)29)6-3-7-14(18)31-15-10-16(33-34-17(15)20(39)32-22(24,25)26)37-9-8-36(21(37)40)12-4-2-5-12/h3,6-7,10-12H,2,4-5,8-9,24-29H2,1H3,(H,31,33)(H,32,39). The molecule has 2 fully saturated rings. The molecule has 3 aromatic rings. The largest absolute Gasteiger partial charge is 0.494 e. The van der Waals surface area contributed by atoms with Crippen molar-refractivity contribution >= 4 is 76.2 Å². The predicted molar refractivity (Wildman–Crippen MR) is 174 cm³/mol. The van der Waals surface area contributed by atoms with E-state index in [1.807, 2.05) is 46.6 Å². The Morgan fingerprint density at radius 3 is 2.44 bits per heavy atom. The van der Waals surface area contributed by atoms with Crippen LogP contribution in [0, 0.1) is 0 Å². The molecule has 1 aromatic carbocycles. The number of hydrogen-bond donors (Lipinski definition) is 2. The van der Waals surface area contributed by atoms with Gasteiger partial charge in [0.15, 0.2) is 23.1 Å². The number of ether oxygens (including phenoxy) is 1. The summed E-state index contributed by atoms with van der Waals surface area (Å²) < 4.78 is 7.63. The Kier molecular flexibility index (Phi) is 7.60. The maximum Gasteiger partial charge on any atom is 0.326 e. The minimum Gasteiger partial charge on any atom is -0.494 e. The summed E-state index contributed by atoms with van der Waals surface area (Å²) in [4.78, 5) is 34.6. The number of carbonyl (C=O) groups is 2. The average Bonchev–Trinajstić information content (AvgIpc) is 3.50. The molecular weight excluding hydrogens is 515 g/mol. The fourth-order valence-electron chi connectivity index (χ4n) is 4.87. The summed E-state index contributed by atoms with van der Waals surface area (Å²) in [6.45, 7) is 1.15. The summed E-state index contributed by atoms with van der Waals surface area (Å²) in [5, 5.41) is 18.9. The third-order valence-electron chi connectivity index (χ3n) is 7.23. The van der Waals surface area contributed by atoms with Crippen molar-refractivity contribution in [3.05, 3.63) is 36.3 Å². The molecule has 1 aliphatic carbocycles. The molecule has 18 heteroatoms. The molecule has 206 valence electrons. The molecule has 0 bridgehead atoms. The minimum atomic E-state index is -0.488. The van der Waals surface area contributed by atoms with Gasteiger partial charge in [-0.3, -0.25) is 14.4 Å². The summed E-state index contributed by atoms with van der Waals surface area (Å²) in [6.07, 6.45) is 4.90. The second-order valence-corrected chi connectivity index (χ2v) is 12.6. The molecule has 0 spiro atoms. The molecule has 3 heterocycles. The van der Waals surface area contributed by atoms with Crippen molar-refractivity contribution in [1.82, 2.24) is 35.2 Å². The quantitative estimate of drug-likeness (QED) is 0.259. The van der Waals surface area contributed by atoms with E-state index in [4.69, 9.17) is 4.74 Å². The Labute approximate surface area is 245 Å². The number of para-hydroxylation sites is 1. The van der Waals surface area contributed by atoms with Crippen LogP contribution in [0.5, 0.6) is 5.75 Å². The highest BCUT2D eigenvalue weighted by Gasteiger charge is 2.38. The van der Waals surface area contributed by atoms with Crippen LogP contribution in [0.2, 0.25) is 0 Å². The van der Waals surface area contributed by atoms with Gasteiger partial charge in [0.2, 0.25) is 0 Å². The molecule has 0 unspecified atom stereocenters. The zero-order valence-corrected chi connectivity index (χ0v) is 24.9. The van der Waals surface area contributed by atoms with Crippen LogP contribution in [0.15, 0.2) is 30.6 Å². The molecule has 3 amide bonds. The molecular formula is C23H33B6N9O3. The number of carbonyl (C=O) groups excluding carboxylic acids is 2. The van der Waals surface area contributed by atoms with E-state index in [1.54, 1.807) is 29.1 Å². The Hall–Kier alpha value is -3.83. The molecule has 2 aromatic heterocycles. The number of hydrogen-bond acceptors (Lipinski definition) is 8. The number of urea groups is 1. The van der Waals surface area contributed by atoms with E-state index >= 15 is 0 Å². The van der Waals surface area contributed by atoms with E-state index in [0.717, 1.165) is 19.3 Å². The van der Waals surface area contributed by atoms with Gasteiger partial charge in [0, 0.05) is 25.2 Å². The summed E-state index contributed by atoms with van der Waals surface area (Å²) in [5.74, 6) is 1.02. The highest BCUT2D eigenvalue weighted by molar-refractivity contribution is 6.60. The van der Waals surface area contributed by atoms with Gasteiger partial charge in [-0.25, -0.2) is 9.78 Å². The zero-order valence-electron chi connectivity index (χ0n) is 24.9. The second-order valence-electron chi connectivity index (χ2n) is 12.6. The maximum absolute atomic E-state index is 13.3. The van der Waals surface area contributed by atoms with Crippen LogP contribution in [0.25, 0.3) is 11.4 Å². The van der Waals surface area contributed by atoms with Crippen LogP contribution in [-0.4, -0.2) is 120 Å². The van der Waals surface area contributed by atoms with Crippen LogP contribution in [0.4, 0.5) is 22.0 Å². The van der Waals surface area contributed by atoms with Gasteiger partial charge in [-0.1, -0.05) is 6.07 Å². The minimum absolute atomic E-state index is 0.0815. The van der Waals surface area contributed by atoms with Crippen LogP contribution in [0.3, 0.4) is 0 Å². The summed E-state index contributed by atoms with van der Waals surface area (Å²) >= 11 is 0. The average molecular weight is 548 g/mol. The van der Waals surface area contributed by atoms with Crippen molar-refractivity contribution in [2.45, 2.75) is 35.8 Å². The number of nitrogens with one attached hydrogen (secondary N) is 2. The number of methoxy groups -OCH3 is 1. The second kappa shape index (κ2) is 10.9. The summed E-state index contributed by atoms with van der Waals surface area (Å²) in [7, 11) is 13.4. The highest BCUT2D eigenvalue weighted by Crippen LogP contribution is 2.38. The van der Waals surface area contributed by atoms with Crippen molar-refractivity contribution in [1.29, 1.82) is 0 Å². The highest BCUT2D eigenvalue weighted by atomic mass is 16.5. The van der Waals surface area contributed by atoms with Crippen molar-refractivity contribution in [3.63, 3.8) is 0 Å². The summed E-state index contributed by atoms with van der Waals surface area (Å²) in [6, 6.07) is 7.50. The van der Waals surface area contributed by atoms with Crippen molar-refractivity contribution < 1.29 is 14.3 Å². The number of aromatic nitrogens is 5. The van der Waals surface area contributed by atoms with Gasteiger partial charge in [-0.05, 0) is 41.9 Å². The fourth-order valence-corrected chi connectivity index (χ4v) is 4.87. The molecule has 2 aliphatic rings. The third-order valence-corrected chi connectivity index (χ3v) is 7.23. The number of amides is 3.